The van der Waals surface area contributed by atoms with E-state index in [4.69, 9.17) is 23.2 Å². The van der Waals surface area contributed by atoms with E-state index in [2.05, 4.69) is 0 Å². The second kappa shape index (κ2) is 8.15. The first-order valence-electron chi connectivity index (χ1n) is 7.38. The Morgan fingerprint density at radius 3 is 2.00 bits per heavy atom. The summed E-state index contributed by atoms with van der Waals surface area (Å²) in [5.74, 6) is 0. The first-order chi connectivity index (χ1) is 11.8. The van der Waals surface area contributed by atoms with E-state index in [9.17, 15) is 13.2 Å². The van der Waals surface area contributed by atoms with Crippen molar-refractivity contribution in [2.45, 2.75) is 6.18 Å². The molecule has 0 radical (unpaired) electrons. The fraction of sp³-hybridized carbons (Fsp3) is 0.105. The van der Waals surface area contributed by atoms with Crippen molar-refractivity contribution in [3.8, 4) is 22.3 Å². The van der Waals surface area contributed by atoms with Crippen molar-refractivity contribution in [2.24, 2.45) is 7.05 Å². The lowest BCUT2D eigenvalue weighted by molar-refractivity contribution is -0.670. The molecule has 3 aromatic rings. The van der Waals surface area contributed by atoms with Crippen LogP contribution in [-0.2, 0) is 13.2 Å². The summed E-state index contributed by atoms with van der Waals surface area (Å²) in [5.41, 5.74) is 1.78. The van der Waals surface area contributed by atoms with Crippen LogP contribution in [0.25, 0.3) is 22.3 Å². The van der Waals surface area contributed by atoms with E-state index < -0.39 is 11.7 Å². The second-order valence-corrected chi connectivity index (χ2v) is 6.46. The first-order valence-corrected chi connectivity index (χ1v) is 8.13. The molecule has 3 rings (SSSR count). The molecule has 0 aliphatic carbocycles. The number of benzene rings is 2. The van der Waals surface area contributed by atoms with Gasteiger partial charge in [-0.15, -0.1) is 0 Å². The Balaban J connectivity index is 0.00000243. The van der Waals surface area contributed by atoms with Gasteiger partial charge in [-0.25, -0.2) is 4.57 Å². The molecule has 26 heavy (non-hydrogen) atoms. The number of halogens is 6. The Morgan fingerprint density at radius 1 is 0.846 bits per heavy atom. The highest BCUT2D eigenvalue weighted by atomic mass is 127. The molecule has 0 fully saturated rings. The Labute approximate surface area is 176 Å². The summed E-state index contributed by atoms with van der Waals surface area (Å²) < 4.78 is 40.8. The standard InChI is InChI=1S/C19H13Cl2F3N.HI/c1-25-10-16(12-5-7-15(20)8-6-12)18(21)17(11-25)13-3-2-4-14(9-13)19(22,23)24;/h2-11H,1H3;1H/q+1;/p-1. The van der Waals surface area contributed by atoms with E-state index in [1.165, 1.54) is 6.07 Å². The lowest BCUT2D eigenvalue weighted by Crippen LogP contribution is -3.00. The molecular weight excluding hydrogens is 497 g/mol. The summed E-state index contributed by atoms with van der Waals surface area (Å²) in [6.45, 7) is 0. The zero-order valence-electron chi connectivity index (χ0n) is 13.5. The maximum Gasteiger partial charge on any atom is 0.416 e. The van der Waals surface area contributed by atoms with Gasteiger partial charge < -0.3 is 24.0 Å². The van der Waals surface area contributed by atoms with Crippen molar-refractivity contribution in [3.63, 3.8) is 0 Å². The van der Waals surface area contributed by atoms with Crippen LogP contribution in [0, 0.1) is 0 Å². The van der Waals surface area contributed by atoms with Gasteiger partial charge >= 0.3 is 6.18 Å². The van der Waals surface area contributed by atoms with Gasteiger partial charge in [0.05, 0.1) is 21.7 Å². The van der Waals surface area contributed by atoms with Crippen LogP contribution >= 0.6 is 23.2 Å². The lowest BCUT2D eigenvalue weighted by atomic mass is 10.00. The maximum atomic E-state index is 13.0. The van der Waals surface area contributed by atoms with Gasteiger partial charge in [-0.1, -0.05) is 47.5 Å². The van der Waals surface area contributed by atoms with Crippen LogP contribution in [0.3, 0.4) is 0 Å². The summed E-state index contributed by atoms with van der Waals surface area (Å²) in [4.78, 5) is 0. The van der Waals surface area contributed by atoms with Crippen LogP contribution in [-0.4, -0.2) is 0 Å². The molecule has 1 aromatic heterocycles. The molecule has 1 nitrogen and oxygen atoms in total. The molecule has 0 atom stereocenters. The number of nitrogens with zero attached hydrogens (tertiary/aromatic N) is 1. The van der Waals surface area contributed by atoms with Crippen molar-refractivity contribution in [3.05, 3.63) is 76.5 Å². The zero-order valence-corrected chi connectivity index (χ0v) is 17.2. The van der Waals surface area contributed by atoms with Gasteiger partial charge in [0, 0.05) is 5.02 Å². The smallest absolute Gasteiger partial charge is 0.416 e. The van der Waals surface area contributed by atoms with Crippen molar-refractivity contribution in [1.29, 1.82) is 0 Å². The minimum absolute atomic E-state index is 0. The van der Waals surface area contributed by atoms with Gasteiger partial charge in [0.15, 0.2) is 12.4 Å². The van der Waals surface area contributed by atoms with Crippen LogP contribution in [0.2, 0.25) is 10.0 Å². The number of aryl methyl sites for hydroxylation is 1. The molecule has 2 aromatic carbocycles. The third-order valence-electron chi connectivity index (χ3n) is 3.79. The van der Waals surface area contributed by atoms with Crippen LogP contribution in [0.15, 0.2) is 60.9 Å². The molecule has 0 saturated heterocycles. The molecular formula is C19H13Cl2F3IN. The average Bonchev–Trinajstić information content (AvgIpc) is 2.57. The Bertz CT molecular complexity index is 925. The van der Waals surface area contributed by atoms with Crippen LogP contribution in [0.1, 0.15) is 5.56 Å². The number of hydrogen-bond donors (Lipinski definition) is 0. The van der Waals surface area contributed by atoms with E-state index in [0.717, 1.165) is 23.3 Å². The van der Waals surface area contributed by atoms with Gasteiger partial charge in [0.25, 0.3) is 0 Å². The number of pyridine rings is 1. The van der Waals surface area contributed by atoms with E-state index >= 15 is 0 Å². The maximum absolute atomic E-state index is 13.0. The summed E-state index contributed by atoms with van der Waals surface area (Å²) in [5, 5.41) is 0.984. The lowest BCUT2D eigenvalue weighted by Gasteiger charge is -2.11. The topological polar surface area (TPSA) is 3.88 Å². The van der Waals surface area contributed by atoms with E-state index in [1.807, 2.05) is 18.3 Å². The predicted octanol–water partition coefficient (Wildman–Crippen LogP) is 3.17. The second-order valence-electron chi connectivity index (χ2n) is 5.65. The van der Waals surface area contributed by atoms with Crippen molar-refractivity contribution in [1.82, 2.24) is 0 Å². The number of rotatable bonds is 2. The molecule has 0 aliphatic rings. The van der Waals surface area contributed by atoms with Crippen molar-refractivity contribution < 1.29 is 41.7 Å². The van der Waals surface area contributed by atoms with Crippen LogP contribution in [0.5, 0.6) is 0 Å². The highest BCUT2D eigenvalue weighted by Crippen LogP contribution is 2.37. The van der Waals surface area contributed by atoms with Crippen molar-refractivity contribution >= 4 is 23.2 Å². The molecule has 0 saturated carbocycles. The minimum Gasteiger partial charge on any atom is -1.00 e. The molecule has 136 valence electrons. The normalized spacial score (nSPS) is 11.2. The molecule has 0 amide bonds. The summed E-state index contributed by atoms with van der Waals surface area (Å²) in [6, 6.07) is 12.3. The fourth-order valence-corrected chi connectivity index (χ4v) is 3.04. The van der Waals surface area contributed by atoms with E-state index in [-0.39, 0.29) is 24.0 Å². The molecule has 7 heteroatoms. The molecule has 0 spiro atoms. The highest BCUT2D eigenvalue weighted by Gasteiger charge is 2.31. The van der Waals surface area contributed by atoms with E-state index in [1.54, 1.807) is 36.0 Å². The van der Waals surface area contributed by atoms with Gasteiger partial charge in [0.1, 0.15) is 7.05 Å². The summed E-state index contributed by atoms with van der Waals surface area (Å²) in [6.07, 6.45) is -0.877. The summed E-state index contributed by atoms with van der Waals surface area (Å²) >= 11 is 12.4. The fourth-order valence-electron chi connectivity index (χ4n) is 2.60. The monoisotopic (exact) mass is 509 g/mol. The van der Waals surface area contributed by atoms with Crippen LogP contribution < -0.4 is 28.5 Å². The molecule has 0 aliphatic heterocycles. The quantitative estimate of drug-likeness (QED) is 0.369. The first kappa shape index (κ1) is 21.0. The Hall–Kier alpha value is -1.31. The Morgan fingerprint density at radius 2 is 1.42 bits per heavy atom. The molecule has 0 unspecified atom stereocenters. The highest BCUT2D eigenvalue weighted by molar-refractivity contribution is 6.36. The van der Waals surface area contributed by atoms with Gasteiger partial charge in [-0.3, -0.25) is 0 Å². The molecule has 0 bridgehead atoms. The number of aromatic nitrogens is 1. The summed E-state index contributed by atoms with van der Waals surface area (Å²) in [7, 11) is 1.80. The largest absolute Gasteiger partial charge is 1.00 e. The number of hydrogen-bond acceptors (Lipinski definition) is 0. The average molecular weight is 510 g/mol. The predicted molar refractivity (Wildman–Crippen MR) is 93.5 cm³/mol. The minimum atomic E-state index is -4.40. The SMILES string of the molecule is C[n+]1cc(-c2ccc(Cl)cc2)c(Cl)c(-c2cccc(C(F)(F)F)c2)c1.[I-]. The van der Waals surface area contributed by atoms with Gasteiger partial charge in [0.2, 0.25) is 0 Å². The molecule has 0 N–H and O–H groups in total. The third-order valence-corrected chi connectivity index (χ3v) is 4.45. The van der Waals surface area contributed by atoms with Gasteiger partial charge in [-0.2, -0.15) is 13.2 Å². The number of alkyl halides is 3. The van der Waals surface area contributed by atoms with Gasteiger partial charge in [-0.05, 0) is 35.4 Å². The van der Waals surface area contributed by atoms with E-state index in [0.29, 0.717) is 21.2 Å². The third kappa shape index (κ3) is 4.50. The zero-order chi connectivity index (χ0) is 18.2. The van der Waals surface area contributed by atoms with Crippen molar-refractivity contribution in [2.75, 3.05) is 0 Å². The van der Waals surface area contributed by atoms with Crippen LogP contribution in [0.4, 0.5) is 13.2 Å². The Kier molecular flexibility index (Phi) is 6.58. The molecule has 1 heterocycles.